The van der Waals surface area contributed by atoms with E-state index in [0.29, 0.717) is 6.04 Å². The molecule has 0 radical (unpaired) electrons. The van der Waals surface area contributed by atoms with Gasteiger partial charge in [0.2, 0.25) is 5.88 Å². The Morgan fingerprint density at radius 2 is 2.47 bits per heavy atom. The Bertz CT molecular complexity index is 356. The molecular formula is C13H21N3O. The van der Waals surface area contributed by atoms with Crippen molar-refractivity contribution >= 4 is 0 Å². The van der Waals surface area contributed by atoms with Crippen molar-refractivity contribution in [3.8, 4) is 5.88 Å². The quantitative estimate of drug-likeness (QED) is 0.853. The van der Waals surface area contributed by atoms with E-state index in [0.717, 1.165) is 24.5 Å². The lowest BCUT2D eigenvalue weighted by atomic mass is 10.1. The van der Waals surface area contributed by atoms with Crippen molar-refractivity contribution in [3.63, 3.8) is 0 Å². The number of hydrogen-bond acceptors (Lipinski definition) is 4. The predicted molar refractivity (Wildman–Crippen MR) is 68.1 cm³/mol. The van der Waals surface area contributed by atoms with Crippen LogP contribution in [0.15, 0.2) is 18.3 Å². The number of pyridine rings is 1. The van der Waals surface area contributed by atoms with Gasteiger partial charge in [-0.15, -0.1) is 0 Å². The third kappa shape index (κ3) is 3.41. The van der Waals surface area contributed by atoms with Crippen LogP contribution in [0.4, 0.5) is 0 Å². The van der Waals surface area contributed by atoms with Gasteiger partial charge in [0.05, 0.1) is 7.11 Å². The Morgan fingerprint density at radius 3 is 3.24 bits per heavy atom. The molecule has 0 saturated carbocycles. The molecule has 1 atom stereocenters. The van der Waals surface area contributed by atoms with Gasteiger partial charge in [-0.25, -0.2) is 4.98 Å². The van der Waals surface area contributed by atoms with Gasteiger partial charge in [0.1, 0.15) is 0 Å². The smallest absolute Gasteiger partial charge is 0.217 e. The summed E-state index contributed by atoms with van der Waals surface area (Å²) in [6.07, 6.45) is 4.29. The number of likely N-dealkylation sites (tertiary alicyclic amines) is 1. The monoisotopic (exact) mass is 235 g/mol. The van der Waals surface area contributed by atoms with E-state index in [1.165, 1.54) is 19.4 Å². The van der Waals surface area contributed by atoms with E-state index < -0.39 is 0 Å². The highest BCUT2D eigenvalue weighted by Crippen LogP contribution is 2.14. The molecule has 1 aromatic rings. The highest BCUT2D eigenvalue weighted by molar-refractivity contribution is 5.25. The molecule has 1 aromatic heterocycles. The van der Waals surface area contributed by atoms with Gasteiger partial charge in [-0.1, -0.05) is 6.07 Å². The summed E-state index contributed by atoms with van der Waals surface area (Å²) < 4.78 is 5.24. The average molecular weight is 235 g/mol. The minimum atomic E-state index is 0.582. The number of hydrogen-bond donors (Lipinski definition) is 1. The zero-order chi connectivity index (χ0) is 12.1. The van der Waals surface area contributed by atoms with Gasteiger partial charge in [0.15, 0.2) is 0 Å². The summed E-state index contributed by atoms with van der Waals surface area (Å²) in [5.74, 6) is 0.726. The van der Waals surface area contributed by atoms with E-state index >= 15 is 0 Å². The summed E-state index contributed by atoms with van der Waals surface area (Å²) in [5.41, 5.74) is 1.13. The van der Waals surface area contributed by atoms with Crippen LogP contribution < -0.4 is 10.1 Å². The topological polar surface area (TPSA) is 37.4 Å². The summed E-state index contributed by atoms with van der Waals surface area (Å²) in [5, 5.41) is 3.58. The number of ether oxygens (including phenoxy) is 1. The molecule has 0 amide bonds. The van der Waals surface area contributed by atoms with Gasteiger partial charge in [0.25, 0.3) is 0 Å². The van der Waals surface area contributed by atoms with E-state index in [4.69, 9.17) is 4.74 Å². The largest absolute Gasteiger partial charge is 0.481 e. The number of nitrogens with zero attached hydrogens (tertiary/aromatic N) is 2. The van der Waals surface area contributed by atoms with Crippen LogP contribution in [0.5, 0.6) is 5.88 Å². The summed E-state index contributed by atoms with van der Waals surface area (Å²) in [4.78, 5) is 6.58. The highest BCUT2D eigenvalue weighted by atomic mass is 16.5. The summed E-state index contributed by atoms with van der Waals surface area (Å²) >= 11 is 0. The van der Waals surface area contributed by atoms with Gasteiger partial charge >= 0.3 is 0 Å². The fraction of sp³-hybridized carbons (Fsp3) is 0.615. The molecule has 0 aliphatic carbocycles. The molecule has 0 spiro atoms. The van der Waals surface area contributed by atoms with Gasteiger partial charge in [-0.05, 0) is 32.5 Å². The second-order valence-electron chi connectivity index (χ2n) is 4.65. The molecule has 2 heterocycles. The SMILES string of the molecule is COc1ncccc1CNC1CCCN(C)C1. The number of aromatic nitrogens is 1. The molecule has 4 nitrogen and oxygen atoms in total. The number of rotatable bonds is 4. The minimum Gasteiger partial charge on any atom is -0.481 e. The van der Waals surface area contributed by atoms with Gasteiger partial charge in [-0.2, -0.15) is 0 Å². The van der Waals surface area contributed by atoms with Gasteiger partial charge < -0.3 is 15.0 Å². The maximum absolute atomic E-state index is 5.24. The predicted octanol–water partition coefficient (Wildman–Crippen LogP) is 1.27. The maximum Gasteiger partial charge on any atom is 0.217 e. The first-order valence-corrected chi connectivity index (χ1v) is 6.19. The second kappa shape index (κ2) is 5.98. The van der Waals surface area contributed by atoms with Crippen molar-refractivity contribution in [2.75, 3.05) is 27.2 Å². The first-order valence-electron chi connectivity index (χ1n) is 6.19. The van der Waals surface area contributed by atoms with Gasteiger partial charge in [-0.3, -0.25) is 0 Å². The van der Waals surface area contributed by atoms with Crippen LogP contribution in [0.25, 0.3) is 0 Å². The Kier molecular flexibility index (Phi) is 4.34. The lowest BCUT2D eigenvalue weighted by Crippen LogP contribution is -2.43. The molecule has 1 N–H and O–H groups in total. The zero-order valence-electron chi connectivity index (χ0n) is 10.6. The lowest BCUT2D eigenvalue weighted by Gasteiger charge is -2.30. The average Bonchev–Trinajstić information content (AvgIpc) is 2.37. The first kappa shape index (κ1) is 12.3. The molecule has 1 aliphatic heterocycles. The first-order chi connectivity index (χ1) is 8.29. The molecule has 94 valence electrons. The van der Waals surface area contributed by atoms with Crippen molar-refractivity contribution < 1.29 is 4.74 Å². The third-order valence-corrected chi connectivity index (χ3v) is 3.25. The van der Waals surface area contributed by atoms with E-state index in [-0.39, 0.29) is 0 Å². The van der Waals surface area contributed by atoms with Crippen LogP contribution in [0.1, 0.15) is 18.4 Å². The van der Waals surface area contributed by atoms with Crippen LogP contribution in [-0.2, 0) is 6.54 Å². The second-order valence-corrected chi connectivity index (χ2v) is 4.65. The van der Waals surface area contributed by atoms with Gasteiger partial charge in [0, 0.05) is 30.9 Å². The number of methoxy groups -OCH3 is 1. The molecule has 17 heavy (non-hydrogen) atoms. The fourth-order valence-corrected chi connectivity index (χ4v) is 2.33. The number of piperidine rings is 1. The Hall–Kier alpha value is -1.13. The van der Waals surface area contributed by atoms with Crippen molar-refractivity contribution in [3.05, 3.63) is 23.9 Å². The van der Waals surface area contributed by atoms with Crippen molar-refractivity contribution in [1.82, 2.24) is 15.2 Å². The van der Waals surface area contributed by atoms with E-state index in [9.17, 15) is 0 Å². The lowest BCUT2D eigenvalue weighted by molar-refractivity contribution is 0.226. The Balaban J connectivity index is 1.88. The summed E-state index contributed by atoms with van der Waals surface area (Å²) in [6.45, 7) is 3.17. The van der Waals surface area contributed by atoms with Crippen LogP contribution in [-0.4, -0.2) is 43.2 Å². The maximum atomic E-state index is 5.24. The number of likely N-dealkylation sites (N-methyl/N-ethyl adjacent to an activating group) is 1. The number of nitrogens with one attached hydrogen (secondary N) is 1. The van der Waals surface area contributed by atoms with E-state index in [2.05, 4.69) is 28.3 Å². The Labute approximate surface area is 103 Å². The standard InChI is InChI=1S/C13H21N3O/c1-16-8-4-6-12(10-16)15-9-11-5-3-7-14-13(11)17-2/h3,5,7,12,15H,4,6,8-10H2,1-2H3. The minimum absolute atomic E-state index is 0.582. The fourth-order valence-electron chi connectivity index (χ4n) is 2.33. The van der Waals surface area contributed by atoms with Crippen molar-refractivity contribution in [1.29, 1.82) is 0 Å². The summed E-state index contributed by atoms with van der Waals surface area (Å²) in [7, 11) is 3.85. The molecule has 0 aromatic carbocycles. The molecule has 1 aliphatic rings. The molecule has 0 bridgehead atoms. The molecule has 4 heteroatoms. The van der Waals surface area contributed by atoms with Crippen LogP contribution >= 0.6 is 0 Å². The highest BCUT2D eigenvalue weighted by Gasteiger charge is 2.16. The molecule has 2 rings (SSSR count). The molecule has 1 fully saturated rings. The van der Waals surface area contributed by atoms with Crippen molar-refractivity contribution in [2.24, 2.45) is 0 Å². The molecule has 1 saturated heterocycles. The summed E-state index contributed by atoms with van der Waals surface area (Å²) in [6, 6.07) is 4.59. The van der Waals surface area contributed by atoms with E-state index in [1.54, 1.807) is 13.3 Å². The van der Waals surface area contributed by atoms with E-state index in [1.807, 2.05) is 6.07 Å². The Morgan fingerprint density at radius 1 is 1.59 bits per heavy atom. The normalized spacial score (nSPS) is 21.4. The van der Waals surface area contributed by atoms with Crippen LogP contribution in [0.3, 0.4) is 0 Å². The van der Waals surface area contributed by atoms with Crippen LogP contribution in [0, 0.1) is 0 Å². The molecule has 1 unspecified atom stereocenters. The van der Waals surface area contributed by atoms with Crippen molar-refractivity contribution in [2.45, 2.75) is 25.4 Å². The zero-order valence-corrected chi connectivity index (χ0v) is 10.6. The molecular weight excluding hydrogens is 214 g/mol. The van der Waals surface area contributed by atoms with Crippen LogP contribution in [0.2, 0.25) is 0 Å². The third-order valence-electron chi connectivity index (χ3n) is 3.25.